The first-order valence-corrected chi connectivity index (χ1v) is 7.98. The Hall–Kier alpha value is -1.69. The number of amides is 1. The molecule has 0 N–H and O–H groups in total. The summed E-state index contributed by atoms with van der Waals surface area (Å²) in [4.78, 5) is 26.9. The number of hydrogen-bond acceptors (Lipinski definition) is 4. The lowest BCUT2D eigenvalue weighted by molar-refractivity contribution is -0.139. The van der Waals surface area contributed by atoms with E-state index in [1.165, 1.54) is 0 Å². The van der Waals surface area contributed by atoms with Crippen molar-refractivity contribution in [2.24, 2.45) is 0 Å². The van der Waals surface area contributed by atoms with Gasteiger partial charge in [0.1, 0.15) is 0 Å². The third-order valence-electron chi connectivity index (χ3n) is 3.31. The van der Waals surface area contributed by atoms with Gasteiger partial charge in [0, 0.05) is 31.3 Å². The normalized spacial score (nSPS) is 14.2. The number of esters is 1. The number of carbonyl (C=O) groups is 2. The highest BCUT2D eigenvalue weighted by molar-refractivity contribution is 7.80. The van der Waals surface area contributed by atoms with Gasteiger partial charge < -0.3 is 9.64 Å². The molecule has 1 aliphatic heterocycles. The molecule has 0 aliphatic carbocycles. The number of hydrogen-bond donors (Lipinski definition) is 0. The van der Waals surface area contributed by atoms with Crippen LogP contribution in [0.15, 0.2) is 24.4 Å². The van der Waals surface area contributed by atoms with Crippen LogP contribution >= 0.6 is 12.2 Å². The summed E-state index contributed by atoms with van der Waals surface area (Å²) < 4.78 is 5.00. The second-order valence-electron chi connectivity index (χ2n) is 5.18. The van der Waals surface area contributed by atoms with Crippen LogP contribution in [0.25, 0.3) is 0 Å². The molecule has 0 bridgehead atoms. The molecular weight excluding hydrogens is 300 g/mol. The molecule has 5 nitrogen and oxygen atoms in total. The van der Waals surface area contributed by atoms with E-state index in [9.17, 15) is 9.59 Å². The Morgan fingerprint density at radius 3 is 2.73 bits per heavy atom. The van der Waals surface area contributed by atoms with Crippen molar-refractivity contribution in [3.63, 3.8) is 0 Å². The first-order valence-electron chi connectivity index (χ1n) is 7.57. The second-order valence-corrected chi connectivity index (χ2v) is 5.55. The summed E-state index contributed by atoms with van der Waals surface area (Å²) in [7, 11) is 0. The van der Waals surface area contributed by atoms with Crippen LogP contribution in [0.3, 0.4) is 0 Å². The maximum atomic E-state index is 12.2. The van der Waals surface area contributed by atoms with Crippen LogP contribution in [0.1, 0.15) is 39.5 Å². The number of ether oxygens (including phenoxy) is 1. The van der Waals surface area contributed by atoms with Crippen molar-refractivity contribution in [1.82, 2.24) is 9.80 Å². The summed E-state index contributed by atoms with van der Waals surface area (Å²) in [5.41, 5.74) is 0.405. The van der Waals surface area contributed by atoms with Crippen LogP contribution in [0.5, 0.6) is 0 Å². The molecule has 122 valence electrons. The van der Waals surface area contributed by atoms with Gasteiger partial charge >= 0.3 is 5.97 Å². The van der Waals surface area contributed by atoms with Crippen molar-refractivity contribution in [2.75, 3.05) is 19.7 Å². The molecule has 0 aromatic heterocycles. The molecule has 22 heavy (non-hydrogen) atoms. The van der Waals surface area contributed by atoms with Gasteiger partial charge in [-0.3, -0.25) is 9.69 Å². The Kier molecular flexibility index (Phi) is 7.80. The van der Waals surface area contributed by atoms with Gasteiger partial charge in [-0.05, 0) is 51.4 Å². The molecule has 1 rings (SSSR count). The van der Waals surface area contributed by atoms with E-state index in [4.69, 9.17) is 17.0 Å². The third kappa shape index (κ3) is 5.60. The lowest BCUT2D eigenvalue weighted by atomic mass is 10.2. The molecule has 6 heteroatoms. The summed E-state index contributed by atoms with van der Waals surface area (Å²) in [6.07, 6.45) is 6.66. The fourth-order valence-corrected chi connectivity index (χ4v) is 2.37. The Balaban J connectivity index is 2.21. The molecule has 0 spiro atoms. The molecule has 0 saturated heterocycles. The standard InChI is InChI=1S/C16H24N2O3S/c1-4-17-10-8-11-18(16(17)22)14(19)9-6-5-7-12-21-15(20)13(2)3/h8,10H,2,4-7,9,11-12H2,1,3H3. The van der Waals surface area contributed by atoms with Gasteiger partial charge in [0.2, 0.25) is 5.91 Å². The molecule has 0 unspecified atom stereocenters. The van der Waals surface area contributed by atoms with E-state index in [2.05, 4.69) is 6.58 Å². The van der Waals surface area contributed by atoms with Gasteiger partial charge in [0.05, 0.1) is 6.61 Å². The highest BCUT2D eigenvalue weighted by Crippen LogP contribution is 2.11. The number of rotatable bonds is 8. The maximum Gasteiger partial charge on any atom is 0.333 e. The van der Waals surface area contributed by atoms with E-state index in [1.54, 1.807) is 11.8 Å². The number of thiocarbonyl (C=S) groups is 1. The summed E-state index contributed by atoms with van der Waals surface area (Å²) >= 11 is 5.31. The number of nitrogens with zero attached hydrogens (tertiary/aromatic N) is 2. The van der Waals surface area contributed by atoms with Crippen molar-refractivity contribution >= 4 is 29.2 Å². The van der Waals surface area contributed by atoms with Gasteiger partial charge in [0.15, 0.2) is 5.11 Å². The molecule has 0 radical (unpaired) electrons. The second kappa shape index (κ2) is 9.35. The number of carbonyl (C=O) groups excluding carboxylic acids is 2. The zero-order valence-electron chi connectivity index (χ0n) is 13.3. The summed E-state index contributed by atoms with van der Waals surface area (Å²) in [5.74, 6) is -0.312. The van der Waals surface area contributed by atoms with Crippen LogP contribution in [0.2, 0.25) is 0 Å². The first kappa shape index (κ1) is 18.4. The molecule has 1 aliphatic rings. The lowest BCUT2D eigenvalue weighted by Crippen LogP contribution is -2.46. The van der Waals surface area contributed by atoms with Crippen molar-refractivity contribution in [3.05, 3.63) is 24.4 Å². The molecular formula is C16H24N2O3S. The fourth-order valence-electron chi connectivity index (χ4n) is 2.00. The van der Waals surface area contributed by atoms with Crippen molar-refractivity contribution in [2.45, 2.75) is 39.5 Å². The molecule has 0 atom stereocenters. The molecule has 0 aromatic rings. The monoisotopic (exact) mass is 324 g/mol. The van der Waals surface area contributed by atoms with Gasteiger partial charge in [-0.15, -0.1) is 0 Å². The zero-order chi connectivity index (χ0) is 16.5. The van der Waals surface area contributed by atoms with Crippen molar-refractivity contribution < 1.29 is 14.3 Å². The van der Waals surface area contributed by atoms with Crippen molar-refractivity contribution in [3.8, 4) is 0 Å². The van der Waals surface area contributed by atoms with E-state index in [0.29, 0.717) is 30.3 Å². The lowest BCUT2D eigenvalue weighted by Gasteiger charge is -2.32. The Morgan fingerprint density at radius 1 is 1.36 bits per heavy atom. The van der Waals surface area contributed by atoms with E-state index >= 15 is 0 Å². The molecule has 0 saturated carbocycles. The van der Waals surface area contributed by atoms with Crippen LogP contribution in [-0.4, -0.2) is 46.5 Å². The summed E-state index contributed by atoms with van der Waals surface area (Å²) in [6, 6.07) is 0. The molecule has 1 heterocycles. The van der Waals surface area contributed by atoms with Crippen LogP contribution in [0.4, 0.5) is 0 Å². The molecule has 1 amide bonds. The Bertz CT molecular complexity index is 474. The van der Waals surface area contributed by atoms with E-state index in [0.717, 1.165) is 25.8 Å². The van der Waals surface area contributed by atoms with E-state index in [1.807, 2.05) is 24.1 Å². The minimum atomic E-state index is -0.360. The van der Waals surface area contributed by atoms with Crippen LogP contribution < -0.4 is 0 Å². The van der Waals surface area contributed by atoms with Gasteiger partial charge in [-0.25, -0.2) is 4.79 Å². The summed E-state index contributed by atoms with van der Waals surface area (Å²) in [6.45, 7) is 8.81. The number of unbranched alkanes of at least 4 members (excludes halogenated alkanes) is 2. The third-order valence-corrected chi connectivity index (χ3v) is 3.76. The topological polar surface area (TPSA) is 49.9 Å². The molecule has 0 fully saturated rings. The average molecular weight is 324 g/mol. The minimum absolute atomic E-state index is 0.0479. The van der Waals surface area contributed by atoms with Crippen LogP contribution in [-0.2, 0) is 14.3 Å². The fraction of sp³-hybridized carbons (Fsp3) is 0.562. The van der Waals surface area contributed by atoms with E-state index in [-0.39, 0.29) is 11.9 Å². The quantitative estimate of drug-likeness (QED) is 0.297. The SMILES string of the molecule is C=C(C)C(=O)OCCCCCC(=O)N1CC=CN(CC)C1=S. The maximum absolute atomic E-state index is 12.2. The van der Waals surface area contributed by atoms with Gasteiger partial charge in [-0.1, -0.05) is 6.58 Å². The Morgan fingerprint density at radius 2 is 2.09 bits per heavy atom. The Labute approximate surface area is 137 Å². The summed E-state index contributed by atoms with van der Waals surface area (Å²) in [5, 5.41) is 0.574. The van der Waals surface area contributed by atoms with Gasteiger partial charge in [0.25, 0.3) is 0 Å². The predicted molar refractivity (Wildman–Crippen MR) is 90.1 cm³/mol. The zero-order valence-corrected chi connectivity index (χ0v) is 14.2. The highest BCUT2D eigenvalue weighted by Gasteiger charge is 2.22. The highest BCUT2D eigenvalue weighted by atomic mass is 32.1. The van der Waals surface area contributed by atoms with Crippen LogP contribution in [0, 0.1) is 0 Å². The predicted octanol–water partition coefficient (Wildman–Crippen LogP) is 2.63. The van der Waals surface area contributed by atoms with E-state index < -0.39 is 0 Å². The van der Waals surface area contributed by atoms with Crippen molar-refractivity contribution in [1.29, 1.82) is 0 Å². The van der Waals surface area contributed by atoms with Gasteiger partial charge in [-0.2, -0.15) is 0 Å². The smallest absolute Gasteiger partial charge is 0.333 e. The largest absolute Gasteiger partial charge is 0.462 e. The first-order chi connectivity index (χ1) is 10.5. The average Bonchev–Trinajstić information content (AvgIpc) is 2.50. The minimum Gasteiger partial charge on any atom is -0.462 e. The molecule has 0 aromatic carbocycles.